The maximum absolute atomic E-state index is 13.3. The molecule has 0 aromatic heterocycles. The molecule has 1 fully saturated rings. The second-order valence-electron chi connectivity index (χ2n) is 13.0. The number of hydrogen-bond acceptors (Lipinski definition) is 6. The van der Waals surface area contributed by atoms with Crippen molar-refractivity contribution in [3.8, 4) is 5.75 Å². The van der Waals surface area contributed by atoms with Gasteiger partial charge in [0.15, 0.2) is 0 Å². The first kappa shape index (κ1) is 30.2. The maximum Gasteiger partial charge on any atom is 0.303 e. The van der Waals surface area contributed by atoms with Crippen LogP contribution in [0, 0.1) is 17.8 Å². The number of ether oxygens (including phenoxy) is 2. The molecule has 230 valence electrons. The Morgan fingerprint density at radius 1 is 1.19 bits per heavy atom. The number of anilines is 1. The molecule has 1 spiro atoms. The highest BCUT2D eigenvalue weighted by Gasteiger charge is 2.44. The quantitative estimate of drug-likeness (QED) is 0.220. The van der Waals surface area contributed by atoms with Gasteiger partial charge in [-0.15, -0.1) is 0 Å². The summed E-state index contributed by atoms with van der Waals surface area (Å²) in [6.45, 7) is 7.36. The predicted molar refractivity (Wildman–Crippen MR) is 171 cm³/mol. The van der Waals surface area contributed by atoms with Crippen molar-refractivity contribution >= 4 is 39.8 Å². The van der Waals surface area contributed by atoms with Gasteiger partial charge in [0.2, 0.25) is 0 Å². The van der Waals surface area contributed by atoms with E-state index in [0.717, 1.165) is 61.7 Å². The van der Waals surface area contributed by atoms with E-state index in [0.29, 0.717) is 24.5 Å². The third kappa shape index (κ3) is 6.10. The Hall–Kier alpha value is -2.84. The zero-order chi connectivity index (χ0) is 30.3. The third-order valence-electron chi connectivity index (χ3n) is 10.1. The van der Waals surface area contributed by atoms with Crippen LogP contribution in [-0.4, -0.2) is 47.1 Å². The number of amides is 1. The average molecular weight is 625 g/mol. The lowest BCUT2D eigenvalue weighted by Gasteiger charge is -2.45. The number of carbonyl (C=O) groups is 2. The van der Waals surface area contributed by atoms with E-state index in [1.807, 2.05) is 44.2 Å². The maximum atomic E-state index is 13.3. The fourth-order valence-electron chi connectivity index (χ4n) is 7.33. The van der Waals surface area contributed by atoms with Crippen LogP contribution in [0.25, 0.3) is 0 Å². The minimum atomic E-state index is -2.11. The Balaban J connectivity index is 1.44. The van der Waals surface area contributed by atoms with Crippen LogP contribution in [0.5, 0.6) is 5.75 Å². The molecular formula is C34H41ClN2O5S. The van der Waals surface area contributed by atoms with Crippen LogP contribution in [0.1, 0.15) is 74.4 Å². The Morgan fingerprint density at radius 3 is 2.79 bits per heavy atom. The molecule has 0 radical (unpaired) electrons. The Morgan fingerprint density at radius 2 is 2.02 bits per heavy atom. The van der Waals surface area contributed by atoms with Gasteiger partial charge >= 0.3 is 5.97 Å². The van der Waals surface area contributed by atoms with E-state index >= 15 is 0 Å². The van der Waals surface area contributed by atoms with Gasteiger partial charge in [0.05, 0.1) is 12.3 Å². The van der Waals surface area contributed by atoms with Gasteiger partial charge in [-0.25, -0.2) is 0 Å². The van der Waals surface area contributed by atoms with E-state index in [4.69, 9.17) is 21.1 Å². The molecule has 2 aromatic carbocycles. The molecule has 7 atom stereocenters. The average Bonchev–Trinajstić information content (AvgIpc) is 3.10. The lowest BCUT2D eigenvalue weighted by atomic mass is 9.68. The van der Waals surface area contributed by atoms with Gasteiger partial charge in [-0.05, 0) is 105 Å². The topological polar surface area (TPSA) is 85.3 Å². The molecule has 4 aliphatic rings. The van der Waals surface area contributed by atoms with Crippen molar-refractivity contribution in [1.29, 1.82) is 0 Å². The molecule has 2 aromatic rings. The number of nitrogens with zero attached hydrogens (tertiary/aromatic N) is 2. The first-order valence-corrected chi connectivity index (χ1v) is 17.2. The van der Waals surface area contributed by atoms with Crippen molar-refractivity contribution in [2.45, 2.75) is 76.1 Å². The minimum Gasteiger partial charge on any atom is -0.490 e. The smallest absolute Gasteiger partial charge is 0.303 e. The molecule has 1 saturated carbocycles. The Kier molecular flexibility index (Phi) is 8.62. The minimum absolute atomic E-state index is 0.0415. The second-order valence-corrected chi connectivity index (χ2v) is 15.0. The van der Waals surface area contributed by atoms with Crippen LogP contribution in [0.3, 0.4) is 0 Å². The van der Waals surface area contributed by atoms with Crippen LogP contribution in [0.2, 0.25) is 5.02 Å². The van der Waals surface area contributed by atoms with Gasteiger partial charge in [-0.3, -0.25) is 13.8 Å². The van der Waals surface area contributed by atoms with Crippen molar-refractivity contribution < 1.29 is 23.3 Å². The van der Waals surface area contributed by atoms with Crippen LogP contribution in [0.15, 0.2) is 52.9 Å². The van der Waals surface area contributed by atoms with Crippen molar-refractivity contribution in [1.82, 2.24) is 0 Å². The van der Waals surface area contributed by atoms with Gasteiger partial charge in [0.1, 0.15) is 11.9 Å². The zero-order valence-corrected chi connectivity index (χ0v) is 26.8. The number of hydrogen-bond donors (Lipinski definition) is 1. The number of halogens is 1. The summed E-state index contributed by atoms with van der Waals surface area (Å²) in [5.74, 6) is 0.519. The Bertz CT molecular complexity index is 1530. The largest absolute Gasteiger partial charge is 0.490 e. The van der Waals surface area contributed by atoms with E-state index in [-0.39, 0.29) is 34.6 Å². The number of rotatable bonds is 1. The molecule has 9 heteroatoms. The van der Waals surface area contributed by atoms with E-state index in [1.54, 1.807) is 6.07 Å². The molecule has 1 unspecified atom stereocenters. The first-order chi connectivity index (χ1) is 20.6. The first-order valence-electron chi connectivity index (χ1n) is 15.5. The fourth-order valence-corrected chi connectivity index (χ4v) is 8.55. The van der Waals surface area contributed by atoms with Crippen molar-refractivity contribution in [2.75, 3.05) is 24.6 Å². The van der Waals surface area contributed by atoms with Crippen LogP contribution in [-0.2, 0) is 32.0 Å². The molecular weight excluding hydrogens is 584 g/mol. The second kappa shape index (κ2) is 12.3. The SMILES string of the molecule is CC(=O)O[C@H]1/C=C/C[C@H](C)[C@@H](C)/[SH](=O)=N\C(=O)c2ccc3c(c2)N(C[C@@H]2CC[C@H]21)C[C@@]1(CCCc2cc(Cl)ccc21)CO3. The molecule has 2 bridgehead atoms. The molecule has 7 nitrogen and oxygen atoms in total. The summed E-state index contributed by atoms with van der Waals surface area (Å²) in [5, 5.41) is 0.468. The summed E-state index contributed by atoms with van der Waals surface area (Å²) in [5.41, 5.74) is 3.58. The summed E-state index contributed by atoms with van der Waals surface area (Å²) >= 11 is 6.41. The highest BCUT2D eigenvalue weighted by Crippen LogP contribution is 2.47. The summed E-state index contributed by atoms with van der Waals surface area (Å²) < 4.78 is 29.8. The zero-order valence-electron chi connectivity index (χ0n) is 25.1. The summed E-state index contributed by atoms with van der Waals surface area (Å²) in [6.07, 6.45) is 9.43. The number of fused-ring (bicyclic) bond motifs is 4. The number of esters is 1. The van der Waals surface area contributed by atoms with Gasteiger partial charge in [-0.1, -0.05) is 30.7 Å². The van der Waals surface area contributed by atoms with Crippen molar-refractivity contribution in [2.24, 2.45) is 22.1 Å². The van der Waals surface area contributed by atoms with Gasteiger partial charge in [-0.2, -0.15) is 4.36 Å². The number of thiol groups is 1. The molecule has 2 aliphatic carbocycles. The number of aryl methyl sites for hydroxylation is 1. The van der Waals surface area contributed by atoms with Crippen LogP contribution >= 0.6 is 11.6 Å². The standard InChI is InChI=1S/C34H41ClN2O5S/c1-21-6-4-8-31(42-23(3)38)28-12-9-26(28)18-37-19-34(15-5-7-24-16-27(35)11-13-29(24)34)20-41-32-14-10-25(17-30(32)37)33(39)36-43(40)22(21)2/h4,8,10-11,13-14,16-17,21-22,26,28,31,43H,5-7,9,12,15,18-20H2,1-3H3/b8-4+/t21-,22+,26-,28+,31-,34-/m0/s1. The third-order valence-corrected chi connectivity index (χ3v) is 12.0. The predicted octanol–water partition coefficient (Wildman–Crippen LogP) is 6.56. The number of carbonyl (C=O) groups excluding carboxylic acids is 2. The lowest BCUT2D eigenvalue weighted by molar-refractivity contribution is -0.149. The summed E-state index contributed by atoms with van der Waals surface area (Å²) in [7, 11) is -2.11. The summed E-state index contributed by atoms with van der Waals surface area (Å²) in [6, 6.07) is 11.7. The van der Waals surface area contributed by atoms with Crippen molar-refractivity contribution in [3.63, 3.8) is 0 Å². The fraction of sp³-hybridized carbons (Fsp3) is 0.529. The van der Waals surface area contributed by atoms with Gasteiger partial charge in [0, 0.05) is 57.8 Å². The number of allylic oxidation sites excluding steroid dienone is 1. The molecule has 2 heterocycles. The van der Waals surface area contributed by atoms with E-state index in [2.05, 4.69) is 21.4 Å². The Labute approximate surface area is 261 Å². The normalized spacial score (nSPS) is 33.5. The molecule has 43 heavy (non-hydrogen) atoms. The van der Waals surface area contributed by atoms with Crippen molar-refractivity contribution in [3.05, 3.63) is 70.3 Å². The van der Waals surface area contributed by atoms with E-state index in [9.17, 15) is 13.8 Å². The monoisotopic (exact) mass is 624 g/mol. The molecule has 6 rings (SSSR count). The molecule has 1 amide bonds. The van der Waals surface area contributed by atoms with Gasteiger partial charge in [0.25, 0.3) is 5.91 Å². The van der Waals surface area contributed by atoms with E-state index in [1.165, 1.54) is 18.1 Å². The van der Waals surface area contributed by atoms with Crippen LogP contribution in [0.4, 0.5) is 5.69 Å². The molecule has 0 saturated heterocycles. The van der Waals surface area contributed by atoms with E-state index < -0.39 is 16.5 Å². The van der Waals surface area contributed by atoms with Gasteiger partial charge < -0.3 is 14.4 Å². The molecule has 2 aliphatic heterocycles. The highest BCUT2D eigenvalue weighted by atomic mass is 35.5. The lowest BCUT2D eigenvalue weighted by Crippen LogP contribution is -2.49. The van der Waals surface area contributed by atoms with Crippen LogP contribution < -0.4 is 9.64 Å². The highest BCUT2D eigenvalue weighted by molar-refractivity contribution is 7.76. The summed E-state index contributed by atoms with van der Waals surface area (Å²) in [4.78, 5) is 27.8. The number of benzene rings is 2. The molecule has 0 N–H and O–H groups in total.